The van der Waals surface area contributed by atoms with Crippen LogP contribution in [0.4, 0.5) is 4.79 Å². The quantitative estimate of drug-likeness (QED) is 0.496. The number of hydrogen-bond acceptors (Lipinski definition) is 7. The smallest absolute Gasteiger partial charge is 0.435 e. The van der Waals surface area contributed by atoms with E-state index in [1.807, 2.05) is 19.1 Å². The molecule has 1 atom stereocenters. The number of amides is 1. The van der Waals surface area contributed by atoms with Crippen LogP contribution >= 0.6 is 0 Å². The average Bonchev–Trinajstić information content (AvgIpc) is 3.01. The highest BCUT2D eigenvalue weighted by Gasteiger charge is 2.65. The molecule has 1 amide bonds. The molecule has 3 rings (SSSR count). The maximum Gasteiger partial charge on any atom is 0.435 e. The number of carbonyl (C=O) groups excluding carboxylic acids is 2. The van der Waals surface area contributed by atoms with Gasteiger partial charge in [0.1, 0.15) is 17.0 Å². The third-order valence-corrected chi connectivity index (χ3v) is 4.05. The Hall–Kier alpha value is -2.77. The molecule has 2 aliphatic heterocycles. The zero-order chi connectivity index (χ0) is 21.1. The fraction of sp³-hybridized carbons (Fsp3) is 0.550. The highest BCUT2D eigenvalue weighted by atomic mass is 16.7. The molecule has 0 N–H and O–H groups in total. The second kappa shape index (κ2) is 6.12. The van der Waals surface area contributed by atoms with E-state index in [-0.39, 0.29) is 6.08 Å². The lowest BCUT2D eigenvalue weighted by Crippen LogP contribution is -2.51. The van der Waals surface area contributed by atoms with Crippen LogP contribution in [0.2, 0.25) is 0 Å². The molecule has 0 saturated carbocycles. The fourth-order valence-electron chi connectivity index (χ4n) is 3.01. The van der Waals surface area contributed by atoms with Crippen molar-refractivity contribution in [2.24, 2.45) is 5.10 Å². The molecule has 0 radical (unpaired) electrons. The average molecular weight is 390 g/mol. The van der Waals surface area contributed by atoms with Crippen molar-refractivity contribution in [3.8, 4) is 5.75 Å². The highest BCUT2D eigenvalue weighted by Crippen LogP contribution is 2.49. The Morgan fingerprint density at radius 1 is 1.07 bits per heavy atom. The highest BCUT2D eigenvalue weighted by molar-refractivity contribution is 5.96. The molecule has 8 nitrogen and oxygen atoms in total. The summed E-state index contributed by atoms with van der Waals surface area (Å²) in [6.45, 7) is 14.2. The van der Waals surface area contributed by atoms with E-state index in [2.05, 4.69) is 5.10 Å². The van der Waals surface area contributed by atoms with E-state index >= 15 is 0 Å². The van der Waals surface area contributed by atoms with Crippen molar-refractivity contribution in [2.75, 3.05) is 0 Å². The molecule has 1 aromatic rings. The maximum absolute atomic E-state index is 13.0. The lowest BCUT2D eigenvalue weighted by Gasteiger charge is -2.30. The molecule has 1 spiro atoms. The van der Waals surface area contributed by atoms with Crippen LogP contribution in [0, 0.1) is 13.8 Å². The van der Waals surface area contributed by atoms with Gasteiger partial charge >= 0.3 is 23.9 Å². The monoisotopic (exact) mass is 390 g/mol. The Labute approximate surface area is 164 Å². The Morgan fingerprint density at radius 3 is 2.25 bits per heavy atom. The number of fused-ring (bicyclic) bond motifs is 2. The van der Waals surface area contributed by atoms with Gasteiger partial charge in [0, 0.05) is 0 Å². The van der Waals surface area contributed by atoms with E-state index in [9.17, 15) is 9.59 Å². The van der Waals surface area contributed by atoms with Gasteiger partial charge in [0.25, 0.3) is 0 Å². The first-order chi connectivity index (χ1) is 12.7. The van der Waals surface area contributed by atoms with Crippen molar-refractivity contribution in [1.82, 2.24) is 5.01 Å². The van der Waals surface area contributed by atoms with E-state index in [1.54, 1.807) is 48.5 Å². The SMILES string of the molecule is Cc1ccc(C)c2c1OC(=O)C21OC(OC(C)(C)C)=NN1C(=O)OC(C)(C)C. The molecule has 152 valence electrons. The van der Waals surface area contributed by atoms with Crippen LogP contribution in [0.25, 0.3) is 0 Å². The van der Waals surface area contributed by atoms with Crippen LogP contribution in [0.1, 0.15) is 58.2 Å². The number of esters is 1. The third-order valence-electron chi connectivity index (χ3n) is 4.05. The minimum Gasteiger partial charge on any atom is -0.444 e. The maximum atomic E-state index is 13.0. The minimum absolute atomic E-state index is 0.205. The molecule has 2 heterocycles. The number of benzene rings is 1. The van der Waals surface area contributed by atoms with Crippen molar-refractivity contribution >= 4 is 18.1 Å². The van der Waals surface area contributed by atoms with Crippen LogP contribution in [-0.4, -0.2) is 34.4 Å². The molecular weight excluding hydrogens is 364 g/mol. The van der Waals surface area contributed by atoms with E-state index in [0.717, 1.165) is 10.6 Å². The molecule has 8 heteroatoms. The number of ether oxygens (including phenoxy) is 4. The van der Waals surface area contributed by atoms with Crippen LogP contribution in [0.15, 0.2) is 17.2 Å². The van der Waals surface area contributed by atoms with Crippen LogP contribution in [0.3, 0.4) is 0 Å². The van der Waals surface area contributed by atoms with Crippen molar-refractivity contribution in [2.45, 2.75) is 72.3 Å². The Bertz CT molecular complexity index is 878. The summed E-state index contributed by atoms with van der Waals surface area (Å²) in [4.78, 5) is 26.0. The van der Waals surface area contributed by atoms with Gasteiger partial charge in [0.2, 0.25) is 0 Å². The molecule has 0 aromatic heterocycles. The number of aryl methyl sites for hydroxylation is 2. The molecule has 0 bridgehead atoms. The number of hydrogen-bond donors (Lipinski definition) is 0. The van der Waals surface area contributed by atoms with E-state index in [0.29, 0.717) is 16.9 Å². The number of carbonyl (C=O) groups is 2. The van der Waals surface area contributed by atoms with Gasteiger partial charge in [-0.25, -0.2) is 9.59 Å². The lowest BCUT2D eigenvalue weighted by molar-refractivity contribution is -0.166. The summed E-state index contributed by atoms with van der Waals surface area (Å²) in [6.07, 6.45) is -1.05. The summed E-state index contributed by atoms with van der Waals surface area (Å²) >= 11 is 0. The first-order valence-corrected chi connectivity index (χ1v) is 9.07. The summed E-state index contributed by atoms with van der Waals surface area (Å²) in [7, 11) is 0. The third kappa shape index (κ3) is 3.27. The van der Waals surface area contributed by atoms with Crippen molar-refractivity contribution in [3.05, 3.63) is 28.8 Å². The topological polar surface area (TPSA) is 86.7 Å². The number of nitrogens with zero attached hydrogens (tertiary/aromatic N) is 2. The zero-order valence-electron chi connectivity index (χ0n) is 17.5. The summed E-state index contributed by atoms with van der Waals surface area (Å²) in [6, 6.07) is 3.66. The fourth-order valence-corrected chi connectivity index (χ4v) is 3.01. The van der Waals surface area contributed by atoms with E-state index in [1.165, 1.54) is 0 Å². The first kappa shape index (κ1) is 20.0. The molecule has 2 aliphatic rings. The molecule has 0 aliphatic carbocycles. The van der Waals surface area contributed by atoms with Gasteiger partial charge in [-0.05, 0) is 66.5 Å². The van der Waals surface area contributed by atoms with E-state index in [4.69, 9.17) is 18.9 Å². The zero-order valence-corrected chi connectivity index (χ0v) is 17.5. The molecule has 0 fully saturated rings. The Morgan fingerprint density at radius 2 is 1.68 bits per heavy atom. The predicted molar refractivity (Wildman–Crippen MR) is 101 cm³/mol. The number of hydrazone groups is 1. The second-order valence-electron chi connectivity index (χ2n) is 8.91. The van der Waals surface area contributed by atoms with Crippen LogP contribution < -0.4 is 4.74 Å². The molecule has 28 heavy (non-hydrogen) atoms. The molecule has 0 saturated heterocycles. The Balaban J connectivity index is 2.15. The van der Waals surface area contributed by atoms with Gasteiger partial charge in [-0.3, -0.25) is 0 Å². The van der Waals surface area contributed by atoms with Gasteiger partial charge in [-0.1, -0.05) is 17.2 Å². The summed E-state index contributed by atoms with van der Waals surface area (Å²) in [5, 5.41) is 5.02. The lowest BCUT2D eigenvalue weighted by atomic mass is 9.96. The van der Waals surface area contributed by atoms with Gasteiger partial charge in [-0.2, -0.15) is 0 Å². The first-order valence-electron chi connectivity index (χ1n) is 9.07. The second-order valence-corrected chi connectivity index (χ2v) is 8.91. The summed E-state index contributed by atoms with van der Waals surface area (Å²) in [5.74, 6) is -0.423. The molecule has 1 unspecified atom stereocenters. The van der Waals surface area contributed by atoms with Crippen molar-refractivity contribution in [1.29, 1.82) is 0 Å². The van der Waals surface area contributed by atoms with Gasteiger partial charge in [0.15, 0.2) is 0 Å². The summed E-state index contributed by atoms with van der Waals surface area (Å²) in [5.41, 5.74) is -1.50. The van der Waals surface area contributed by atoms with Gasteiger partial charge in [-0.15, -0.1) is 5.01 Å². The van der Waals surface area contributed by atoms with Crippen LogP contribution in [-0.2, 0) is 24.7 Å². The predicted octanol–water partition coefficient (Wildman–Crippen LogP) is 3.73. The van der Waals surface area contributed by atoms with Gasteiger partial charge in [0.05, 0.1) is 5.56 Å². The number of rotatable bonds is 0. The van der Waals surface area contributed by atoms with Crippen molar-refractivity contribution in [3.63, 3.8) is 0 Å². The van der Waals surface area contributed by atoms with E-state index < -0.39 is 29.0 Å². The normalized spacial score (nSPS) is 21.2. The van der Waals surface area contributed by atoms with Gasteiger partial charge < -0.3 is 18.9 Å². The van der Waals surface area contributed by atoms with Crippen LogP contribution in [0.5, 0.6) is 5.75 Å². The largest absolute Gasteiger partial charge is 0.444 e. The molecule has 1 aromatic carbocycles. The Kier molecular flexibility index (Phi) is 4.36. The minimum atomic E-state index is -1.92. The summed E-state index contributed by atoms with van der Waals surface area (Å²) < 4.78 is 22.5. The standard InChI is InChI=1S/C20H26N2O6/c1-11-9-10-12(2)14-13(11)20(15(23)25-14)22(17(24)28-19(6,7)8)21-16(27-20)26-18(3,4)5/h9-10H,1-8H3. The molecular formula is C20H26N2O6. The van der Waals surface area contributed by atoms with Crippen molar-refractivity contribution < 1.29 is 28.5 Å².